The van der Waals surface area contributed by atoms with Gasteiger partial charge in [-0.05, 0) is 30.0 Å². The molecule has 0 unspecified atom stereocenters. The van der Waals surface area contributed by atoms with Gasteiger partial charge in [0, 0.05) is 12.8 Å². The summed E-state index contributed by atoms with van der Waals surface area (Å²) < 4.78 is 1.92. The van der Waals surface area contributed by atoms with Crippen molar-refractivity contribution in [1.29, 1.82) is 0 Å². The van der Waals surface area contributed by atoms with Crippen molar-refractivity contribution in [3.63, 3.8) is 0 Å². The highest BCUT2D eigenvalue weighted by atomic mass is 32.1. The van der Waals surface area contributed by atoms with E-state index in [0.29, 0.717) is 5.75 Å². The lowest BCUT2D eigenvalue weighted by Gasteiger charge is -2.04. The van der Waals surface area contributed by atoms with Crippen molar-refractivity contribution in [3.05, 3.63) is 41.6 Å². The van der Waals surface area contributed by atoms with E-state index in [1.165, 1.54) is 30.4 Å². The average molecular weight is 260 g/mol. The summed E-state index contributed by atoms with van der Waals surface area (Å²) in [6.07, 6.45) is 3.67. The van der Waals surface area contributed by atoms with Gasteiger partial charge in [-0.15, -0.1) is 0 Å². The highest BCUT2D eigenvalue weighted by Crippen LogP contribution is 2.21. The highest BCUT2D eigenvalue weighted by molar-refractivity contribution is 7.79. The summed E-state index contributed by atoms with van der Waals surface area (Å²) in [5.74, 6) is 0.683. The normalized spacial score (nSPS) is 10.8. The van der Waals surface area contributed by atoms with Crippen LogP contribution in [0.3, 0.4) is 0 Å². The molecule has 0 bridgehead atoms. The molecule has 0 radical (unpaired) electrons. The largest absolute Gasteiger partial charge is 0.268 e. The molecule has 3 heteroatoms. The van der Waals surface area contributed by atoms with Crippen molar-refractivity contribution >= 4 is 12.6 Å². The first-order chi connectivity index (χ1) is 8.74. The summed E-state index contributed by atoms with van der Waals surface area (Å²) in [5.41, 5.74) is 4.81. The second kappa shape index (κ2) is 6.10. The van der Waals surface area contributed by atoms with Crippen LogP contribution in [-0.4, -0.2) is 9.78 Å². The van der Waals surface area contributed by atoms with Gasteiger partial charge < -0.3 is 0 Å². The molecule has 0 amide bonds. The highest BCUT2D eigenvalue weighted by Gasteiger charge is 2.06. The van der Waals surface area contributed by atoms with Crippen molar-refractivity contribution in [2.24, 2.45) is 7.05 Å². The number of aromatic nitrogens is 2. The Hall–Kier alpha value is -1.22. The Bertz CT molecular complexity index is 500. The first-order valence-electron chi connectivity index (χ1n) is 6.47. The van der Waals surface area contributed by atoms with E-state index >= 15 is 0 Å². The van der Waals surface area contributed by atoms with Crippen molar-refractivity contribution in [3.8, 4) is 11.3 Å². The molecule has 1 aromatic heterocycles. The van der Waals surface area contributed by atoms with Crippen LogP contribution in [0.5, 0.6) is 0 Å². The van der Waals surface area contributed by atoms with E-state index < -0.39 is 0 Å². The summed E-state index contributed by atoms with van der Waals surface area (Å²) in [7, 11) is 1.98. The van der Waals surface area contributed by atoms with Gasteiger partial charge in [-0.1, -0.05) is 37.6 Å². The maximum absolute atomic E-state index is 4.42. The van der Waals surface area contributed by atoms with Crippen LogP contribution in [-0.2, 0) is 19.2 Å². The van der Waals surface area contributed by atoms with E-state index in [1.807, 2.05) is 11.7 Å². The van der Waals surface area contributed by atoms with E-state index in [9.17, 15) is 0 Å². The minimum atomic E-state index is 0.683. The van der Waals surface area contributed by atoms with Gasteiger partial charge in [-0.25, -0.2) is 0 Å². The maximum Gasteiger partial charge on any atom is 0.0727 e. The third-order valence-electron chi connectivity index (χ3n) is 3.16. The monoisotopic (exact) mass is 260 g/mol. The number of thiol groups is 1. The Kier molecular flexibility index (Phi) is 4.48. The number of hydrogen-bond donors (Lipinski definition) is 1. The minimum absolute atomic E-state index is 0.683. The zero-order valence-electron chi connectivity index (χ0n) is 11.1. The molecule has 1 heterocycles. The van der Waals surface area contributed by atoms with E-state index in [-0.39, 0.29) is 0 Å². The number of unbranched alkanes of at least 4 members (excludes halogenated alkanes) is 1. The Morgan fingerprint density at radius 3 is 2.50 bits per heavy atom. The van der Waals surface area contributed by atoms with Crippen LogP contribution in [0.1, 0.15) is 31.0 Å². The van der Waals surface area contributed by atoms with Crippen molar-refractivity contribution in [1.82, 2.24) is 9.78 Å². The second-order valence-electron chi connectivity index (χ2n) is 4.60. The third kappa shape index (κ3) is 2.96. The molecule has 0 aliphatic rings. The minimum Gasteiger partial charge on any atom is -0.268 e. The average Bonchev–Trinajstić information content (AvgIpc) is 2.78. The van der Waals surface area contributed by atoms with Crippen LogP contribution in [0.2, 0.25) is 0 Å². The Morgan fingerprint density at radius 1 is 1.22 bits per heavy atom. The Morgan fingerprint density at radius 2 is 1.94 bits per heavy atom. The van der Waals surface area contributed by atoms with E-state index in [2.05, 4.69) is 55.0 Å². The molecular weight excluding hydrogens is 240 g/mol. The Labute approximate surface area is 114 Å². The van der Waals surface area contributed by atoms with Gasteiger partial charge in [0.15, 0.2) is 0 Å². The van der Waals surface area contributed by atoms with Gasteiger partial charge in [-0.2, -0.15) is 17.7 Å². The lowest BCUT2D eigenvalue weighted by atomic mass is 10.0. The predicted molar refractivity (Wildman–Crippen MR) is 79.9 cm³/mol. The predicted octanol–water partition coefficient (Wildman–Crippen LogP) is 3.86. The molecule has 0 N–H and O–H groups in total. The number of benzene rings is 1. The number of hydrogen-bond acceptors (Lipinski definition) is 2. The molecule has 0 fully saturated rings. The van der Waals surface area contributed by atoms with Crippen LogP contribution in [0.4, 0.5) is 0 Å². The van der Waals surface area contributed by atoms with Crippen molar-refractivity contribution < 1.29 is 0 Å². The van der Waals surface area contributed by atoms with E-state index in [4.69, 9.17) is 0 Å². The van der Waals surface area contributed by atoms with Crippen LogP contribution in [0.15, 0.2) is 30.3 Å². The van der Waals surface area contributed by atoms with Crippen LogP contribution < -0.4 is 0 Å². The van der Waals surface area contributed by atoms with Crippen molar-refractivity contribution in [2.45, 2.75) is 31.9 Å². The fraction of sp³-hybridized carbons (Fsp3) is 0.400. The van der Waals surface area contributed by atoms with Crippen LogP contribution in [0, 0.1) is 0 Å². The summed E-state index contributed by atoms with van der Waals surface area (Å²) in [5, 5.41) is 4.42. The molecule has 2 aromatic rings. The van der Waals surface area contributed by atoms with Crippen LogP contribution >= 0.6 is 12.6 Å². The van der Waals surface area contributed by atoms with Gasteiger partial charge in [-0.3, -0.25) is 4.68 Å². The lowest BCUT2D eigenvalue weighted by Crippen LogP contribution is -1.94. The molecule has 2 nitrogen and oxygen atoms in total. The molecule has 0 aliphatic heterocycles. The molecule has 96 valence electrons. The van der Waals surface area contributed by atoms with Gasteiger partial charge in [0.2, 0.25) is 0 Å². The van der Waals surface area contributed by atoms with E-state index in [0.717, 1.165) is 11.4 Å². The molecular formula is C15H20N2S. The molecule has 0 saturated heterocycles. The SMILES string of the molecule is CCCCc1ccc(-c2cc(CS)nn2C)cc1. The van der Waals surface area contributed by atoms with Gasteiger partial charge >= 0.3 is 0 Å². The summed E-state index contributed by atoms with van der Waals surface area (Å²) in [4.78, 5) is 0. The summed E-state index contributed by atoms with van der Waals surface area (Å²) in [6.45, 7) is 2.23. The molecule has 0 spiro atoms. The van der Waals surface area contributed by atoms with Crippen molar-refractivity contribution in [2.75, 3.05) is 0 Å². The van der Waals surface area contributed by atoms with Gasteiger partial charge in [0.25, 0.3) is 0 Å². The zero-order valence-corrected chi connectivity index (χ0v) is 12.0. The fourth-order valence-corrected chi connectivity index (χ4v) is 2.25. The van der Waals surface area contributed by atoms with Crippen LogP contribution in [0.25, 0.3) is 11.3 Å². The lowest BCUT2D eigenvalue weighted by molar-refractivity contribution is 0.762. The standard InChI is InChI=1S/C15H20N2S/c1-3-4-5-12-6-8-13(9-7-12)15-10-14(11-18)16-17(15)2/h6-10,18H,3-5,11H2,1-2H3. The molecule has 0 saturated carbocycles. The molecule has 18 heavy (non-hydrogen) atoms. The molecule has 0 aliphatic carbocycles. The fourth-order valence-electron chi connectivity index (χ4n) is 2.10. The summed E-state index contributed by atoms with van der Waals surface area (Å²) >= 11 is 4.26. The second-order valence-corrected chi connectivity index (χ2v) is 4.92. The topological polar surface area (TPSA) is 17.8 Å². The van der Waals surface area contributed by atoms with E-state index in [1.54, 1.807) is 0 Å². The smallest absolute Gasteiger partial charge is 0.0727 e. The number of aryl methyl sites for hydroxylation is 2. The first kappa shape index (κ1) is 13.2. The molecule has 1 aromatic carbocycles. The molecule has 0 atom stereocenters. The summed E-state index contributed by atoms with van der Waals surface area (Å²) in [6, 6.07) is 10.9. The Balaban J connectivity index is 2.20. The maximum atomic E-state index is 4.42. The van der Waals surface area contributed by atoms with Gasteiger partial charge in [0.1, 0.15) is 0 Å². The number of nitrogens with zero attached hydrogens (tertiary/aromatic N) is 2. The molecule has 2 rings (SSSR count). The van der Waals surface area contributed by atoms with Gasteiger partial charge in [0.05, 0.1) is 11.4 Å². The third-order valence-corrected chi connectivity index (χ3v) is 3.49. The quantitative estimate of drug-likeness (QED) is 0.808. The zero-order chi connectivity index (χ0) is 13.0. The first-order valence-corrected chi connectivity index (χ1v) is 7.11. The number of rotatable bonds is 5.